The smallest absolute Gasteiger partial charge is 0.308 e. The van der Waals surface area contributed by atoms with E-state index in [9.17, 15) is 4.79 Å². The number of carbonyl (C=O) groups is 1. The van der Waals surface area contributed by atoms with E-state index in [2.05, 4.69) is 50.2 Å². The predicted octanol–water partition coefficient (Wildman–Crippen LogP) is 3.91. The quantitative estimate of drug-likeness (QED) is 0.638. The first-order valence-electron chi connectivity index (χ1n) is 8.80. The highest BCUT2D eigenvalue weighted by Crippen LogP contribution is 2.26. The number of ether oxygens (including phenoxy) is 1. The molecule has 0 aliphatic heterocycles. The fourth-order valence-electron chi connectivity index (χ4n) is 3.47. The molecular formula is C20H29N3O2. The summed E-state index contributed by atoms with van der Waals surface area (Å²) in [6.07, 6.45) is 0. The van der Waals surface area contributed by atoms with E-state index in [-0.39, 0.29) is 12.0 Å². The van der Waals surface area contributed by atoms with Crippen LogP contribution in [0.1, 0.15) is 60.5 Å². The van der Waals surface area contributed by atoms with Crippen molar-refractivity contribution < 1.29 is 9.53 Å². The molecule has 1 atom stereocenters. The van der Waals surface area contributed by atoms with Gasteiger partial charge in [0.2, 0.25) is 0 Å². The molecule has 0 radical (unpaired) electrons. The number of nitrogens with one attached hydrogen (secondary N) is 1. The number of benzene rings is 1. The van der Waals surface area contributed by atoms with E-state index in [1.807, 2.05) is 18.5 Å². The summed E-state index contributed by atoms with van der Waals surface area (Å²) in [7, 11) is 0. The molecule has 136 valence electrons. The van der Waals surface area contributed by atoms with E-state index in [4.69, 9.17) is 4.74 Å². The van der Waals surface area contributed by atoms with Crippen molar-refractivity contribution in [1.82, 2.24) is 15.1 Å². The van der Waals surface area contributed by atoms with Gasteiger partial charge in [-0.2, -0.15) is 5.10 Å². The molecule has 0 unspecified atom stereocenters. The third kappa shape index (κ3) is 4.28. The van der Waals surface area contributed by atoms with Crippen LogP contribution in [0.5, 0.6) is 5.75 Å². The normalized spacial score (nSPS) is 12.3. The zero-order valence-electron chi connectivity index (χ0n) is 16.4. The molecule has 25 heavy (non-hydrogen) atoms. The maximum Gasteiger partial charge on any atom is 0.308 e. The molecule has 1 N–H and O–H groups in total. The van der Waals surface area contributed by atoms with E-state index >= 15 is 0 Å². The Bertz CT molecular complexity index is 754. The van der Waals surface area contributed by atoms with E-state index in [1.54, 1.807) is 0 Å². The molecule has 0 amide bonds. The van der Waals surface area contributed by atoms with Gasteiger partial charge in [-0.3, -0.25) is 9.48 Å². The lowest BCUT2D eigenvalue weighted by Crippen LogP contribution is -2.19. The van der Waals surface area contributed by atoms with Crippen LogP contribution in [0.25, 0.3) is 0 Å². The molecule has 2 aromatic rings. The number of rotatable bonds is 6. The van der Waals surface area contributed by atoms with Crippen molar-refractivity contribution >= 4 is 5.97 Å². The van der Waals surface area contributed by atoms with Crippen LogP contribution in [0, 0.1) is 27.7 Å². The molecule has 5 heteroatoms. The molecule has 0 aliphatic carbocycles. The van der Waals surface area contributed by atoms with Crippen molar-refractivity contribution in [3.63, 3.8) is 0 Å². The van der Waals surface area contributed by atoms with Crippen LogP contribution in [-0.2, 0) is 17.9 Å². The number of carbonyl (C=O) groups excluding carboxylic acids is 1. The van der Waals surface area contributed by atoms with Gasteiger partial charge in [0.25, 0.3) is 0 Å². The number of aryl methyl sites for hydroxylation is 4. The van der Waals surface area contributed by atoms with Gasteiger partial charge in [-0.05, 0) is 58.2 Å². The number of hydrogen-bond donors (Lipinski definition) is 1. The second-order valence-corrected chi connectivity index (χ2v) is 6.66. The molecule has 5 nitrogen and oxygen atoms in total. The number of esters is 1. The number of nitrogens with zero attached hydrogens (tertiary/aromatic N) is 2. The molecule has 0 spiro atoms. The Balaban J connectivity index is 2.14. The SMILES string of the molecule is CCn1nc(C)c([C@@H](C)NCc2cc(C)c(OC(C)=O)c(C)c2)c1C. The lowest BCUT2D eigenvalue weighted by atomic mass is 10.0. The van der Waals surface area contributed by atoms with Crippen LogP contribution < -0.4 is 10.1 Å². The molecule has 0 saturated heterocycles. The average Bonchev–Trinajstić information content (AvgIpc) is 2.82. The minimum absolute atomic E-state index is 0.217. The Morgan fingerprint density at radius 3 is 2.32 bits per heavy atom. The molecule has 0 aliphatic rings. The Labute approximate surface area is 150 Å². The summed E-state index contributed by atoms with van der Waals surface area (Å²) in [6.45, 7) is 15.5. The standard InChI is InChI=1S/C20H29N3O2/c1-8-23-16(6)19(15(5)22-23)14(4)21-11-18-9-12(2)20(13(3)10-18)25-17(7)24/h9-10,14,21H,8,11H2,1-7H3/t14-/m1/s1. The first kappa shape index (κ1) is 19.2. The van der Waals surface area contributed by atoms with Crippen LogP contribution in [-0.4, -0.2) is 15.7 Å². The van der Waals surface area contributed by atoms with Crippen molar-refractivity contribution in [2.75, 3.05) is 0 Å². The third-order valence-corrected chi connectivity index (χ3v) is 4.55. The first-order chi connectivity index (χ1) is 11.7. The highest BCUT2D eigenvalue weighted by atomic mass is 16.5. The fraction of sp³-hybridized carbons (Fsp3) is 0.500. The highest BCUT2D eigenvalue weighted by molar-refractivity contribution is 5.70. The van der Waals surface area contributed by atoms with Gasteiger partial charge < -0.3 is 10.1 Å². The zero-order valence-corrected chi connectivity index (χ0v) is 16.4. The van der Waals surface area contributed by atoms with Gasteiger partial charge in [0, 0.05) is 37.3 Å². The van der Waals surface area contributed by atoms with Gasteiger partial charge in [-0.15, -0.1) is 0 Å². The predicted molar refractivity (Wildman–Crippen MR) is 99.9 cm³/mol. The molecule has 2 rings (SSSR count). The van der Waals surface area contributed by atoms with Crippen molar-refractivity contribution in [1.29, 1.82) is 0 Å². The minimum atomic E-state index is -0.287. The van der Waals surface area contributed by atoms with E-state index < -0.39 is 0 Å². The summed E-state index contributed by atoms with van der Waals surface area (Å²) >= 11 is 0. The van der Waals surface area contributed by atoms with E-state index in [0.717, 1.165) is 29.9 Å². The van der Waals surface area contributed by atoms with Crippen molar-refractivity contribution in [3.8, 4) is 5.75 Å². The van der Waals surface area contributed by atoms with Gasteiger partial charge in [-0.1, -0.05) is 12.1 Å². The Kier molecular flexibility index (Phi) is 6.01. The molecular weight excluding hydrogens is 314 g/mol. The van der Waals surface area contributed by atoms with Crippen LogP contribution in [0.3, 0.4) is 0 Å². The maximum absolute atomic E-state index is 11.2. The molecule has 1 aromatic carbocycles. The molecule has 0 fully saturated rings. The molecule has 1 aromatic heterocycles. The van der Waals surface area contributed by atoms with Crippen molar-refractivity contribution in [2.24, 2.45) is 0 Å². The summed E-state index contributed by atoms with van der Waals surface area (Å²) in [5, 5.41) is 8.19. The van der Waals surface area contributed by atoms with E-state index in [1.165, 1.54) is 23.7 Å². The highest BCUT2D eigenvalue weighted by Gasteiger charge is 2.17. The Morgan fingerprint density at radius 2 is 1.84 bits per heavy atom. The molecule has 0 saturated carbocycles. The van der Waals surface area contributed by atoms with Crippen molar-refractivity contribution in [3.05, 3.63) is 45.8 Å². The minimum Gasteiger partial charge on any atom is -0.426 e. The topological polar surface area (TPSA) is 56.1 Å². The Morgan fingerprint density at radius 1 is 1.24 bits per heavy atom. The number of hydrogen-bond acceptors (Lipinski definition) is 4. The lowest BCUT2D eigenvalue weighted by molar-refractivity contribution is -0.131. The summed E-state index contributed by atoms with van der Waals surface area (Å²) in [6, 6.07) is 4.36. The number of aromatic nitrogens is 2. The first-order valence-corrected chi connectivity index (χ1v) is 8.80. The Hall–Kier alpha value is -2.14. The van der Waals surface area contributed by atoms with Crippen LogP contribution >= 0.6 is 0 Å². The van der Waals surface area contributed by atoms with Gasteiger partial charge in [-0.25, -0.2) is 0 Å². The van der Waals surface area contributed by atoms with Gasteiger partial charge in [0.1, 0.15) is 5.75 Å². The van der Waals surface area contributed by atoms with Gasteiger partial charge in [0.15, 0.2) is 0 Å². The average molecular weight is 343 g/mol. The van der Waals surface area contributed by atoms with Crippen molar-refractivity contribution in [2.45, 2.75) is 67.6 Å². The fourth-order valence-corrected chi connectivity index (χ4v) is 3.47. The van der Waals surface area contributed by atoms with Gasteiger partial charge >= 0.3 is 5.97 Å². The van der Waals surface area contributed by atoms with Crippen LogP contribution in [0.4, 0.5) is 0 Å². The summed E-state index contributed by atoms with van der Waals surface area (Å²) in [4.78, 5) is 11.2. The second kappa shape index (κ2) is 7.83. The maximum atomic E-state index is 11.2. The van der Waals surface area contributed by atoms with E-state index in [0.29, 0.717) is 5.75 Å². The van der Waals surface area contributed by atoms with Crippen LogP contribution in [0.15, 0.2) is 12.1 Å². The second-order valence-electron chi connectivity index (χ2n) is 6.66. The monoisotopic (exact) mass is 343 g/mol. The van der Waals surface area contributed by atoms with Gasteiger partial charge in [0.05, 0.1) is 5.69 Å². The summed E-state index contributed by atoms with van der Waals surface area (Å²) < 4.78 is 7.35. The summed E-state index contributed by atoms with van der Waals surface area (Å²) in [5.74, 6) is 0.379. The van der Waals surface area contributed by atoms with Crippen LogP contribution in [0.2, 0.25) is 0 Å². The largest absolute Gasteiger partial charge is 0.426 e. The molecule has 0 bridgehead atoms. The summed E-state index contributed by atoms with van der Waals surface area (Å²) in [5.41, 5.74) is 6.70. The third-order valence-electron chi connectivity index (χ3n) is 4.55. The molecule has 1 heterocycles. The zero-order chi connectivity index (χ0) is 18.7. The lowest BCUT2D eigenvalue weighted by Gasteiger charge is -2.17.